The predicted molar refractivity (Wildman–Crippen MR) is 69.9 cm³/mol. The summed E-state index contributed by atoms with van der Waals surface area (Å²) < 4.78 is 5.75. The molecule has 0 atom stereocenters. The van der Waals surface area contributed by atoms with E-state index < -0.39 is 0 Å². The van der Waals surface area contributed by atoms with E-state index in [9.17, 15) is 0 Å². The lowest BCUT2D eigenvalue weighted by atomic mass is 10.1. The summed E-state index contributed by atoms with van der Waals surface area (Å²) in [6, 6.07) is 15.9. The Hall–Kier alpha value is -2.20. The Bertz CT molecular complexity index is 535. The minimum absolute atomic E-state index is 0.580. The van der Waals surface area contributed by atoms with Gasteiger partial charge in [-0.15, -0.1) is 6.42 Å². The van der Waals surface area contributed by atoms with Gasteiger partial charge in [0.25, 0.3) is 0 Å². The molecule has 0 bridgehead atoms. The van der Waals surface area contributed by atoms with Crippen molar-refractivity contribution in [2.45, 2.75) is 13.5 Å². The zero-order valence-electron chi connectivity index (χ0n) is 9.81. The molecule has 0 radical (unpaired) electrons. The second-order valence-electron chi connectivity index (χ2n) is 3.90. The highest BCUT2D eigenvalue weighted by Gasteiger charge is 2.00. The van der Waals surface area contributed by atoms with Crippen LogP contribution < -0.4 is 4.74 Å². The third-order valence-electron chi connectivity index (χ3n) is 2.58. The third kappa shape index (κ3) is 2.89. The lowest BCUT2D eigenvalue weighted by Gasteiger charge is -2.09. The van der Waals surface area contributed by atoms with Crippen molar-refractivity contribution in [2.24, 2.45) is 0 Å². The van der Waals surface area contributed by atoms with Crippen LogP contribution in [0.4, 0.5) is 0 Å². The maximum atomic E-state index is 5.75. The molecule has 0 amide bonds. The third-order valence-corrected chi connectivity index (χ3v) is 2.58. The molecule has 0 aliphatic heterocycles. The Morgan fingerprint density at radius 3 is 2.53 bits per heavy atom. The molecule has 0 saturated carbocycles. The van der Waals surface area contributed by atoms with E-state index in [4.69, 9.17) is 11.2 Å². The van der Waals surface area contributed by atoms with E-state index in [0.29, 0.717) is 6.61 Å². The Kier molecular flexibility index (Phi) is 3.47. The topological polar surface area (TPSA) is 9.23 Å². The Balaban J connectivity index is 2.08. The van der Waals surface area contributed by atoms with Crippen molar-refractivity contribution in [1.29, 1.82) is 0 Å². The van der Waals surface area contributed by atoms with Crippen molar-refractivity contribution in [3.8, 4) is 18.1 Å². The summed E-state index contributed by atoms with van der Waals surface area (Å²) in [5.74, 6) is 3.50. The second kappa shape index (κ2) is 5.23. The van der Waals surface area contributed by atoms with Gasteiger partial charge in [0.15, 0.2) is 0 Å². The summed E-state index contributed by atoms with van der Waals surface area (Å²) >= 11 is 0. The van der Waals surface area contributed by atoms with Crippen molar-refractivity contribution in [3.05, 3.63) is 65.2 Å². The first-order valence-electron chi connectivity index (χ1n) is 5.53. The number of hydrogen-bond donors (Lipinski definition) is 0. The molecule has 17 heavy (non-hydrogen) atoms. The monoisotopic (exact) mass is 222 g/mol. The van der Waals surface area contributed by atoms with Gasteiger partial charge in [-0.25, -0.2) is 0 Å². The van der Waals surface area contributed by atoms with Crippen molar-refractivity contribution in [3.63, 3.8) is 0 Å². The normalized spacial score (nSPS) is 9.65. The minimum atomic E-state index is 0.580. The first kappa shape index (κ1) is 11.3. The number of rotatable bonds is 3. The molecule has 84 valence electrons. The lowest BCUT2D eigenvalue weighted by Crippen LogP contribution is -1.96. The average Bonchev–Trinajstić information content (AvgIpc) is 2.38. The van der Waals surface area contributed by atoms with Crippen LogP contribution in [0.3, 0.4) is 0 Å². The summed E-state index contributed by atoms with van der Waals surface area (Å²) in [5.41, 5.74) is 3.11. The second-order valence-corrected chi connectivity index (χ2v) is 3.90. The molecule has 1 heteroatoms. The van der Waals surface area contributed by atoms with Gasteiger partial charge >= 0.3 is 0 Å². The lowest BCUT2D eigenvalue weighted by molar-refractivity contribution is 0.304. The SMILES string of the molecule is C#Cc1ccc(OCc2ccccc2)c(C)c1. The van der Waals surface area contributed by atoms with E-state index in [-0.39, 0.29) is 0 Å². The molecule has 0 aromatic heterocycles. The summed E-state index contributed by atoms with van der Waals surface area (Å²) in [6.07, 6.45) is 5.34. The first-order valence-corrected chi connectivity index (χ1v) is 5.53. The standard InChI is InChI=1S/C16H14O/c1-3-14-9-10-16(13(2)11-14)17-12-15-7-5-4-6-8-15/h1,4-11H,12H2,2H3. The minimum Gasteiger partial charge on any atom is -0.489 e. The highest BCUT2D eigenvalue weighted by molar-refractivity contribution is 5.42. The fourth-order valence-electron chi connectivity index (χ4n) is 1.64. The summed E-state index contributed by atoms with van der Waals surface area (Å²) in [6.45, 7) is 2.58. The van der Waals surface area contributed by atoms with Gasteiger partial charge in [-0.2, -0.15) is 0 Å². The van der Waals surface area contributed by atoms with Crippen molar-refractivity contribution < 1.29 is 4.74 Å². The van der Waals surface area contributed by atoms with E-state index in [2.05, 4.69) is 5.92 Å². The van der Waals surface area contributed by atoms with Crippen LogP contribution >= 0.6 is 0 Å². The fraction of sp³-hybridized carbons (Fsp3) is 0.125. The van der Waals surface area contributed by atoms with Crippen LogP contribution in [0.15, 0.2) is 48.5 Å². The molecule has 0 N–H and O–H groups in total. The average molecular weight is 222 g/mol. The number of ether oxygens (including phenoxy) is 1. The van der Waals surface area contributed by atoms with E-state index in [1.165, 1.54) is 0 Å². The highest BCUT2D eigenvalue weighted by atomic mass is 16.5. The van der Waals surface area contributed by atoms with Crippen LogP contribution in [0.25, 0.3) is 0 Å². The van der Waals surface area contributed by atoms with Crippen molar-refractivity contribution in [1.82, 2.24) is 0 Å². The molecule has 2 aromatic carbocycles. The van der Waals surface area contributed by atoms with Crippen LogP contribution in [0.2, 0.25) is 0 Å². The summed E-state index contributed by atoms with van der Waals surface area (Å²) in [7, 11) is 0. The Morgan fingerprint density at radius 1 is 1.12 bits per heavy atom. The van der Waals surface area contributed by atoms with E-state index in [0.717, 1.165) is 22.4 Å². The molecule has 0 aliphatic rings. The van der Waals surface area contributed by atoms with E-state index >= 15 is 0 Å². The van der Waals surface area contributed by atoms with Crippen LogP contribution in [0.1, 0.15) is 16.7 Å². The molecule has 0 unspecified atom stereocenters. The van der Waals surface area contributed by atoms with Gasteiger partial charge in [0.05, 0.1) is 0 Å². The van der Waals surface area contributed by atoms with E-state index in [1.807, 2.05) is 55.5 Å². The van der Waals surface area contributed by atoms with Crippen LogP contribution in [-0.4, -0.2) is 0 Å². The van der Waals surface area contributed by atoms with Gasteiger partial charge in [0.1, 0.15) is 12.4 Å². The molecule has 0 aliphatic carbocycles. The molecule has 1 nitrogen and oxygen atoms in total. The molecular weight excluding hydrogens is 208 g/mol. The summed E-state index contributed by atoms with van der Waals surface area (Å²) in [5, 5.41) is 0. The van der Waals surface area contributed by atoms with Crippen LogP contribution in [0.5, 0.6) is 5.75 Å². The Morgan fingerprint density at radius 2 is 1.88 bits per heavy atom. The number of hydrogen-bond acceptors (Lipinski definition) is 1. The smallest absolute Gasteiger partial charge is 0.122 e. The number of aryl methyl sites for hydroxylation is 1. The largest absolute Gasteiger partial charge is 0.489 e. The fourth-order valence-corrected chi connectivity index (χ4v) is 1.64. The van der Waals surface area contributed by atoms with Crippen molar-refractivity contribution >= 4 is 0 Å². The van der Waals surface area contributed by atoms with Crippen molar-refractivity contribution in [2.75, 3.05) is 0 Å². The number of terminal acetylenes is 1. The maximum Gasteiger partial charge on any atom is 0.122 e. The predicted octanol–water partition coefficient (Wildman–Crippen LogP) is 3.56. The maximum absolute atomic E-state index is 5.75. The van der Waals surface area contributed by atoms with E-state index in [1.54, 1.807) is 0 Å². The molecule has 0 fully saturated rings. The van der Waals surface area contributed by atoms with Gasteiger partial charge in [-0.05, 0) is 36.2 Å². The highest BCUT2D eigenvalue weighted by Crippen LogP contribution is 2.19. The molecule has 0 saturated heterocycles. The molecular formula is C16H14O. The van der Waals surface area contributed by atoms with Gasteiger partial charge in [0.2, 0.25) is 0 Å². The van der Waals surface area contributed by atoms with Gasteiger partial charge in [-0.3, -0.25) is 0 Å². The van der Waals surface area contributed by atoms with Crippen LogP contribution in [-0.2, 0) is 6.61 Å². The molecule has 2 aromatic rings. The molecule has 0 spiro atoms. The number of benzene rings is 2. The Labute approximate surface area is 102 Å². The van der Waals surface area contributed by atoms with Gasteiger partial charge in [0, 0.05) is 5.56 Å². The zero-order chi connectivity index (χ0) is 12.1. The van der Waals surface area contributed by atoms with Crippen LogP contribution in [0, 0.1) is 19.3 Å². The molecule has 0 heterocycles. The van der Waals surface area contributed by atoms with Gasteiger partial charge in [-0.1, -0.05) is 36.3 Å². The molecule has 2 rings (SSSR count). The first-order chi connectivity index (χ1) is 8.29. The zero-order valence-corrected chi connectivity index (χ0v) is 9.81. The summed E-state index contributed by atoms with van der Waals surface area (Å²) in [4.78, 5) is 0. The van der Waals surface area contributed by atoms with Gasteiger partial charge < -0.3 is 4.74 Å². The quantitative estimate of drug-likeness (QED) is 0.721.